The Kier molecular flexibility index (Phi) is 4.27. The Morgan fingerprint density at radius 3 is 2.74 bits per heavy atom. The Morgan fingerprint density at radius 2 is 1.89 bits per heavy atom. The standard InChI is InChI=1S/C25H30O2/c1-25-14-13-21-20-10-8-19(27-16-17-5-3-2-4-6-17)15-18(20)7-9-22(21)23(25)11-12-24(25)26/h2-6,8,10,15,21-24,26H,7,9,11-14,16H2,1H3/t21-,22-,23+,24+,25+/m0/s1. The highest BCUT2D eigenvalue weighted by molar-refractivity contribution is 5.41. The number of aryl methyl sites for hydroxylation is 1. The van der Waals surface area contributed by atoms with Gasteiger partial charge in [0.25, 0.3) is 0 Å². The topological polar surface area (TPSA) is 29.5 Å². The van der Waals surface area contributed by atoms with Crippen molar-refractivity contribution in [3.05, 3.63) is 65.2 Å². The van der Waals surface area contributed by atoms with Crippen LogP contribution in [0.4, 0.5) is 0 Å². The van der Waals surface area contributed by atoms with Crippen LogP contribution in [0.1, 0.15) is 61.6 Å². The molecule has 0 amide bonds. The van der Waals surface area contributed by atoms with Crippen molar-refractivity contribution in [2.75, 3.05) is 0 Å². The molecule has 0 radical (unpaired) electrons. The molecule has 27 heavy (non-hydrogen) atoms. The molecular weight excluding hydrogens is 332 g/mol. The van der Waals surface area contributed by atoms with E-state index >= 15 is 0 Å². The molecule has 5 atom stereocenters. The highest BCUT2D eigenvalue weighted by Crippen LogP contribution is 2.60. The molecule has 2 aromatic carbocycles. The quantitative estimate of drug-likeness (QED) is 0.783. The SMILES string of the molecule is C[C@@]12CC[C@H]3c4ccc(OCc5ccccc5)cc4CC[C@@H]3[C@H]1CC[C@H]2O. The van der Waals surface area contributed by atoms with Gasteiger partial charge < -0.3 is 9.84 Å². The van der Waals surface area contributed by atoms with Crippen LogP contribution in [0.15, 0.2) is 48.5 Å². The zero-order valence-electron chi connectivity index (χ0n) is 16.2. The third-order valence-corrected chi connectivity index (χ3v) is 7.90. The van der Waals surface area contributed by atoms with Gasteiger partial charge in [-0.15, -0.1) is 0 Å². The average Bonchev–Trinajstić information content (AvgIpc) is 3.01. The van der Waals surface area contributed by atoms with Crippen molar-refractivity contribution in [1.29, 1.82) is 0 Å². The van der Waals surface area contributed by atoms with Crippen LogP contribution in [0.3, 0.4) is 0 Å². The van der Waals surface area contributed by atoms with Crippen LogP contribution in [0.5, 0.6) is 5.75 Å². The summed E-state index contributed by atoms with van der Waals surface area (Å²) in [5.74, 6) is 3.13. The molecule has 0 bridgehead atoms. The summed E-state index contributed by atoms with van der Waals surface area (Å²) in [7, 11) is 0. The van der Waals surface area contributed by atoms with Gasteiger partial charge in [0.15, 0.2) is 0 Å². The summed E-state index contributed by atoms with van der Waals surface area (Å²) in [4.78, 5) is 0. The molecule has 2 saturated carbocycles. The molecule has 0 saturated heterocycles. The molecule has 0 unspecified atom stereocenters. The molecule has 2 aromatic rings. The number of aliphatic hydroxyl groups is 1. The van der Waals surface area contributed by atoms with Crippen molar-refractivity contribution in [2.24, 2.45) is 17.3 Å². The van der Waals surface area contributed by atoms with Gasteiger partial charge in [0.2, 0.25) is 0 Å². The Labute approximate surface area is 162 Å². The van der Waals surface area contributed by atoms with Crippen LogP contribution in [0.25, 0.3) is 0 Å². The Morgan fingerprint density at radius 1 is 1.04 bits per heavy atom. The maximum absolute atomic E-state index is 10.5. The minimum Gasteiger partial charge on any atom is -0.489 e. The maximum Gasteiger partial charge on any atom is 0.120 e. The molecule has 142 valence electrons. The molecule has 0 aliphatic heterocycles. The molecule has 2 heteroatoms. The van der Waals surface area contributed by atoms with Crippen LogP contribution < -0.4 is 4.74 Å². The molecule has 3 aliphatic rings. The normalized spacial score (nSPS) is 34.4. The molecule has 1 N–H and O–H groups in total. The second-order valence-corrected chi connectivity index (χ2v) is 9.19. The lowest BCUT2D eigenvalue weighted by Crippen LogP contribution is -2.43. The van der Waals surface area contributed by atoms with Crippen molar-refractivity contribution >= 4 is 0 Å². The van der Waals surface area contributed by atoms with Crippen LogP contribution in [-0.2, 0) is 13.0 Å². The highest BCUT2D eigenvalue weighted by Gasteiger charge is 2.54. The minimum absolute atomic E-state index is 0.0846. The van der Waals surface area contributed by atoms with Crippen molar-refractivity contribution in [3.63, 3.8) is 0 Å². The van der Waals surface area contributed by atoms with Gasteiger partial charge in [-0.05, 0) is 90.5 Å². The zero-order chi connectivity index (χ0) is 18.4. The van der Waals surface area contributed by atoms with Gasteiger partial charge >= 0.3 is 0 Å². The molecular formula is C25H30O2. The summed E-state index contributed by atoms with van der Waals surface area (Å²) < 4.78 is 6.06. The second kappa shape index (κ2) is 6.67. The molecule has 3 aliphatic carbocycles. The van der Waals surface area contributed by atoms with Crippen LogP contribution in [-0.4, -0.2) is 11.2 Å². The van der Waals surface area contributed by atoms with Crippen LogP contribution in [0.2, 0.25) is 0 Å². The third kappa shape index (κ3) is 2.89. The summed E-state index contributed by atoms with van der Waals surface area (Å²) in [5, 5.41) is 10.5. The lowest BCUT2D eigenvalue weighted by atomic mass is 9.55. The van der Waals surface area contributed by atoms with Crippen molar-refractivity contribution in [2.45, 2.75) is 64.1 Å². The predicted molar refractivity (Wildman–Crippen MR) is 108 cm³/mol. The van der Waals surface area contributed by atoms with E-state index in [9.17, 15) is 5.11 Å². The first-order valence-corrected chi connectivity index (χ1v) is 10.6. The molecule has 0 spiro atoms. The minimum atomic E-state index is -0.0846. The summed E-state index contributed by atoms with van der Waals surface area (Å²) in [6.07, 6.45) is 6.96. The summed E-state index contributed by atoms with van der Waals surface area (Å²) in [6, 6.07) is 17.2. The average molecular weight is 363 g/mol. The van der Waals surface area contributed by atoms with E-state index in [1.165, 1.54) is 36.8 Å². The first kappa shape index (κ1) is 17.3. The van der Waals surface area contributed by atoms with Gasteiger partial charge in [-0.2, -0.15) is 0 Å². The van der Waals surface area contributed by atoms with E-state index in [1.54, 1.807) is 5.56 Å². The van der Waals surface area contributed by atoms with E-state index in [2.05, 4.69) is 49.4 Å². The number of hydrogen-bond donors (Lipinski definition) is 1. The first-order chi connectivity index (χ1) is 13.1. The smallest absolute Gasteiger partial charge is 0.120 e. The Bertz CT molecular complexity index is 814. The molecule has 2 fully saturated rings. The number of ether oxygens (including phenoxy) is 1. The van der Waals surface area contributed by atoms with E-state index in [4.69, 9.17) is 4.74 Å². The van der Waals surface area contributed by atoms with Gasteiger partial charge in [0, 0.05) is 0 Å². The third-order valence-electron chi connectivity index (χ3n) is 7.90. The lowest BCUT2D eigenvalue weighted by Gasteiger charge is -2.50. The summed E-state index contributed by atoms with van der Waals surface area (Å²) in [6.45, 7) is 2.98. The molecule has 0 aromatic heterocycles. The van der Waals surface area contributed by atoms with E-state index in [1.807, 2.05) is 6.07 Å². The number of fused-ring (bicyclic) bond motifs is 5. The largest absolute Gasteiger partial charge is 0.489 e. The van der Waals surface area contributed by atoms with Crippen molar-refractivity contribution in [1.82, 2.24) is 0 Å². The molecule has 2 nitrogen and oxygen atoms in total. The fraction of sp³-hybridized carbons (Fsp3) is 0.520. The molecule has 0 heterocycles. The van der Waals surface area contributed by atoms with Gasteiger partial charge in [-0.25, -0.2) is 0 Å². The zero-order valence-corrected chi connectivity index (χ0v) is 16.2. The number of hydrogen-bond acceptors (Lipinski definition) is 2. The number of benzene rings is 2. The lowest BCUT2D eigenvalue weighted by molar-refractivity contribution is -0.0226. The monoisotopic (exact) mass is 362 g/mol. The fourth-order valence-corrected chi connectivity index (χ4v) is 6.36. The fourth-order valence-electron chi connectivity index (χ4n) is 6.36. The molecule has 5 rings (SSSR count). The second-order valence-electron chi connectivity index (χ2n) is 9.19. The van der Waals surface area contributed by atoms with Gasteiger partial charge in [-0.1, -0.05) is 43.3 Å². The van der Waals surface area contributed by atoms with Crippen LogP contribution >= 0.6 is 0 Å². The van der Waals surface area contributed by atoms with Crippen molar-refractivity contribution < 1.29 is 9.84 Å². The van der Waals surface area contributed by atoms with E-state index in [-0.39, 0.29) is 11.5 Å². The Balaban J connectivity index is 1.34. The summed E-state index contributed by atoms with van der Waals surface area (Å²) >= 11 is 0. The van der Waals surface area contributed by atoms with Crippen LogP contribution in [0, 0.1) is 17.3 Å². The van der Waals surface area contributed by atoms with Gasteiger partial charge in [-0.3, -0.25) is 0 Å². The highest BCUT2D eigenvalue weighted by atomic mass is 16.5. The maximum atomic E-state index is 10.5. The Hall–Kier alpha value is -1.80. The number of rotatable bonds is 3. The summed E-state index contributed by atoms with van der Waals surface area (Å²) in [5.41, 5.74) is 4.42. The predicted octanol–water partition coefficient (Wildman–Crippen LogP) is 5.48. The van der Waals surface area contributed by atoms with E-state index in [0.29, 0.717) is 18.4 Å². The first-order valence-electron chi connectivity index (χ1n) is 10.6. The number of aliphatic hydroxyl groups excluding tert-OH is 1. The van der Waals surface area contributed by atoms with E-state index < -0.39 is 0 Å². The van der Waals surface area contributed by atoms with Gasteiger partial charge in [0.05, 0.1) is 6.10 Å². The van der Waals surface area contributed by atoms with E-state index in [0.717, 1.165) is 24.5 Å². The van der Waals surface area contributed by atoms with Crippen molar-refractivity contribution in [3.8, 4) is 5.75 Å². The van der Waals surface area contributed by atoms with Gasteiger partial charge in [0.1, 0.15) is 12.4 Å².